The Hall–Kier alpha value is -3.06. The molecule has 0 aromatic heterocycles. The number of halogens is 1. The quantitative estimate of drug-likeness (QED) is 0.615. The lowest BCUT2D eigenvalue weighted by Crippen LogP contribution is -2.38. The number of carbonyl (C=O) groups excluding carboxylic acids is 2. The van der Waals surface area contributed by atoms with Gasteiger partial charge in [-0.1, -0.05) is 29.8 Å². The van der Waals surface area contributed by atoms with Crippen LogP contribution in [0.5, 0.6) is 0 Å². The van der Waals surface area contributed by atoms with Crippen LogP contribution in [-0.4, -0.2) is 23.3 Å². The molecule has 0 spiro atoms. The van der Waals surface area contributed by atoms with E-state index >= 15 is 0 Å². The van der Waals surface area contributed by atoms with Crippen LogP contribution >= 0.6 is 11.6 Å². The molecule has 7 nitrogen and oxygen atoms in total. The standard InChI is InChI=1S/C20H18ClN3O4/c1-11-3-4-12(2)18-15(11)9-14(20(26)23-18)7-8-22-19(25)13-5-6-16(21)17(10-13)24(27)28/h3-6,9-10,14H,7-8H2,1-2H3,(H,22,25). The van der Waals surface area contributed by atoms with Gasteiger partial charge in [0.2, 0.25) is 0 Å². The highest BCUT2D eigenvalue weighted by molar-refractivity contribution is 6.32. The SMILES string of the molecule is Cc1ccc(C)c2c1=CC(CCNC(=O)c1ccc(Cl)c([N+](=O)[O-])c1)C(=O)N=2. The van der Waals surface area contributed by atoms with Gasteiger partial charge < -0.3 is 5.32 Å². The third kappa shape index (κ3) is 3.94. The van der Waals surface area contributed by atoms with Crippen molar-refractivity contribution in [3.05, 3.63) is 72.7 Å². The molecule has 1 unspecified atom stereocenters. The Morgan fingerprint density at radius 3 is 2.68 bits per heavy atom. The van der Waals surface area contributed by atoms with E-state index in [1.165, 1.54) is 12.1 Å². The molecule has 1 aliphatic heterocycles. The molecule has 0 bridgehead atoms. The van der Waals surface area contributed by atoms with E-state index in [9.17, 15) is 19.7 Å². The predicted octanol–water partition coefficient (Wildman–Crippen LogP) is 2.24. The number of hydrogen-bond donors (Lipinski definition) is 1. The van der Waals surface area contributed by atoms with Gasteiger partial charge in [0.15, 0.2) is 0 Å². The lowest BCUT2D eigenvalue weighted by molar-refractivity contribution is -0.384. The van der Waals surface area contributed by atoms with Gasteiger partial charge in [-0.3, -0.25) is 19.7 Å². The van der Waals surface area contributed by atoms with Crippen molar-refractivity contribution in [2.75, 3.05) is 6.54 Å². The Bertz CT molecular complexity index is 1110. The van der Waals surface area contributed by atoms with Crippen molar-refractivity contribution >= 4 is 35.2 Å². The highest BCUT2D eigenvalue weighted by Gasteiger charge is 2.20. The number of benzene rings is 2. The zero-order valence-corrected chi connectivity index (χ0v) is 16.1. The van der Waals surface area contributed by atoms with Gasteiger partial charge in [0.25, 0.3) is 17.5 Å². The second kappa shape index (κ2) is 7.90. The number of rotatable bonds is 5. The third-order valence-corrected chi connectivity index (χ3v) is 5.01. The molecule has 0 fully saturated rings. The molecule has 28 heavy (non-hydrogen) atoms. The van der Waals surface area contributed by atoms with E-state index in [0.717, 1.165) is 22.4 Å². The number of nitrogens with zero attached hydrogens (tertiary/aromatic N) is 2. The maximum absolute atomic E-state index is 12.3. The molecule has 0 saturated heterocycles. The molecule has 1 aliphatic rings. The van der Waals surface area contributed by atoms with Crippen LogP contribution in [0.4, 0.5) is 5.69 Å². The summed E-state index contributed by atoms with van der Waals surface area (Å²) in [7, 11) is 0. The first-order valence-electron chi connectivity index (χ1n) is 8.70. The summed E-state index contributed by atoms with van der Waals surface area (Å²) in [6, 6.07) is 7.79. The number of hydrogen-bond acceptors (Lipinski definition) is 4. The van der Waals surface area contributed by atoms with Crippen molar-refractivity contribution in [2.24, 2.45) is 10.9 Å². The molecular weight excluding hydrogens is 382 g/mol. The maximum atomic E-state index is 12.3. The minimum absolute atomic E-state index is 0.0325. The molecule has 1 N–H and O–H groups in total. The first kappa shape index (κ1) is 19.7. The van der Waals surface area contributed by atoms with E-state index < -0.39 is 16.7 Å². The Morgan fingerprint density at radius 2 is 1.96 bits per heavy atom. The monoisotopic (exact) mass is 399 g/mol. The minimum Gasteiger partial charge on any atom is -0.352 e. The summed E-state index contributed by atoms with van der Waals surface area (Å²) in [6.07, 6.45) is 2.28. The van der Waals surface area contributed by atoms with E-state index in [2.05, 4.69) is 10.3 Å². The molecule has 2 amide bonds. The van der Waals surface area contributed by atoms with E-state index in [-0.39, 0.29) is 28.7 Å². The molecular formula is C20H18ClN3O4. The number of carbonyl (C=O) groups is 2. The second-order valence-electron chi connectivity index (χ2n) is 6.65. The van der Waals surface area contributed by atoms with Crippen molar-refractivity contribution < 1.29 is 14.5 Å². The first-order chi connectivity index (χ1) is 13.3. The largest absolute Gasteiger partial charge is 0.352 e. The summed E-state index contributed by atoms with van der Waals surface area (Å²) in [6.45, 7) is 4.11. The summed E-state index contributed by atoms with van der Waals surface area (Å²) in [5, 5.41) is 15.2. The number of fused-ring (bicyclic) bond motifs is 1. The summed E-state index contributed by atoms with van der Waals surface area (Å²) in [5.74, 6) is -1.13. The van der Waals surface area contributed by atoms with Gasteiger partial charge in [-0.05, 0) is 43.5 Å². The fraction of sp³-hybridized carbons (Fsp3) is 0.250. The van der Waals surface area contributed by atoms with Crippen molar-refractivity contribution in [2.45, 2.75) is 20.3 Å². The Balaban J connectivity index is 1.70. The normalized spacial score (nSPS) is 15.2. The van der Waals surface area contributed by atoms with Gasteiger partial charge >= 0.3 is 0 Å². The van der Waals surface area contributed by atoms with Gasteiger partial charge in [-0.25, -0.2) is 4.99 Å². The molecule has 3 rings (SSSR count). The second-order valence-corrected chi connectivity index (χ2v) is 7.06. The van der Waals surface area contributed by atoms with Crippen molar-refractivity contribution in [1.82, 2.24) is 5.32 Å². The molecule has 8 heteroatoms. The molecule has 2 aromatic carbocycles. The summed E-state index contributed by atoms with van der Waals surface area (Å²) in [4.78, 5) is 39.1. The third-order valence-electron chi connectivity index (χ3n) is 4.69. The summed E-state index contributed by atoms with van der Waals surface area (Å²) >= 11 is 5.76. The van der Waals surface area contributed by atoms with Gasteiger partial charge in [0.05, 0.1) is 16.2 Å². The van der Waals surface area contributed by atoms with Crippen LogP contribution < -0.4 is 15.9 Å². The fourth-order valence-electron chi connectivity index (χ4n) is 3.09. The average Bonchev–Trinajstić information content (AvgIpc) is 2.65. The predicted molar refractivity (Wildman–Crippen MR) is 105 cm³/mol. The Morgan fingerprint density at radius 1 is 1.25 bits per heavy atom. The van der Waals surface area contributed by atoms with Crippen LogP contribution in [0.2, 0.25) is 5.02 Å². The van der Waals surface area contributed by atoms with Gasteiger partial charge in [-0.2, -0.15) is 0 Å². The van der Waals surface area contributed by atoms with Crippen LogP contribution in [0.1, 0.15) is 27.9 Å². The highest BCUT2D eigenvalue weighted by Crippen LogP contribution is 2.25. The smallest absolute Gasteiger partial charge is 0.288 e. The number of nitrogens with one attached hydrogen (secondary N) is 1. The lowest BCUT2D eigenvalue weighted by atomic mass is 9.97. The van der Waals surface area contributed by atoms with Crippen LogP contribution in [-0.2, 0) is 4.79 Å². The molecule has 0 saturated carbocycles. The van der Waals surface area contributed by atoms with Gasteiger partial charge in [0, 0.05) is 23.4 Å². The number of aryl methyl sites for hydroxylation is 2. The van der Waals surface area contributed by atoms with Crippen molar-refractivity contribution in [1.29, 1.82) is 0 Å². The van der Waals surface area contributed by atoms with Crippen LogP contribution in [0.3, 0.4) is 0 Å². The zero-order valence-electron chi connectivity index (χ0n) is 15.4. The van der Waals surface area contributed by atoms with E-state index in [1.54, 1.807) is 0 Å². The van der Waals surface area contributed by atoms with Crippen LogP contribution in [0, 0.1) is 29.9 Å². The molecule has 1 heterocycles. The highest BCUT2D eigenvalue weighted by atomic mass is 35.5. The minimum atomic E-state index is -0.641. The first-order valence-corrected chi connectivity index (χ1v) is 9.08. The van der Waals surface area contributed by atoms with E-state index in [1.807, 2.05) is 32.1 Å². The molecule has 144 valence electrons. The van der Waals surface area contributed by atoms with E-state index in [0.29, 0.717) is 11.8 Å². The van der Waals surface area contributed by atoms with Gasteiger partial charge in [0.1, 0.15) is 5.02 Å². The van der Waals surface area contributed by atoms with Crippen LogP contribution in [0.25, 0.3) is 6.08 Å². The lowest BCUT2D eigenvalue weighted by Gasteiger charge is -2.14. The molecule has 2 aromatic rings. The van der Waals surface area contributed by atoms with Crippen LogP contribution in [0.15, 0.2) is 35.3 Å². The van der Waals surface area contributed by atoms with Crippen molar-refractivity contribution in [3.63, 3.8) is 0 Å². The number of nitro benzene ring substituents is 1. The summed E-state index contributed by atoms with van der Waals surface area (Å²) < 4.78 is 0. The van der Waals surface area contributed by atoms with E-state index in [4.69, 9.17) is 11.6 Å². The summed E-state index contributed by atoms with van der Waals surface area (Å²) in [5.41, 5.74) is 1.79. The average molecular weight is 400 g/mol. The van der Waals surface area contributed by atoms with Gasteiger partial charge in [-0.15, -0.1) is 0 Å². The molecule has 1 atom stereocenters. The fourth-order valence-corrected chi connectivity index (χ4v) is 3.27. The molecule has 0 radical (unpaired) electrons. The molecule has 0 aliphatic carbocycles. The topological polar surface area (TPSA) is 102 Å². The van der Waals surface area contributed by atoms with Crippen molar-refractivity contribution in [3.8, 4) is 0 Å². The Kier molecular flexibility index (Phi) is 5.56. The maximum Gasteiger partial charge on any atom is 0.288 e. The number of nitro groups is 1. The number of amides is 2. The Labute approximate surface area is 165 Å². The zero-order chi connectivity index (χ0) is 20.4.